The summed E-state index contributed by atoms with van der Waals surface area (Å²) in [5, 5.41) is 4.85. The van der Waals surface area contributed by atoms with Gasteiger partial charge >= 0.3 is 0 Å². The minimum Gasteiger partial charge on any atom is -0.379 e. The van der Waals surface area contributed by atoms with Crippen LogP contribution in [0.1, 0.15) is 40.2 Å². The molecule has 2 aliphatic rings. The van der Waals surface area contributed by atoms with Gasteiger partial charge < -0.3 is 9.64 Å². The molecule has 7 nitrogen and oxygen atoms in total. The molecule has 0 unspecified atom stereocenters. The fourth-order valence-electron chi connectivity index (χ4n) is 4.81. The van der Waals surface area contributed by atoms with Crippen molar-refractivity contribution in [3.63, 3.8) is 0 Å². The minimum atomic E-state index is 0.0293. The van der Waals surface area contributed by atoms with Crippen molar-refractivity contribution in [2.24, 2.45) is 0 Å². The summed E-state index contributed by atoms with van der Waals surface area (Å²) in [6, 6.07) is 14.1. The Bertz CT molecular complexity index is 1060. The third-order valence-electron chi connectivity index (χ3n) is 6.55. The molecule has 3 aromatic rings. The molecule has 0 spiro atoms. The molecule has 7 heteroatoms. The lowest BCUT2D eigenvalue weighted by Crippen LogP contribution is -2.39. The van der Waals surface area contributed by atoms with Gasteiger partial charge in [-0.2, -0.15) is 5.10 Å². The summed E-state index contributed by atoms with van der Waals surface area (Å²) < 4.78 is 7.44. The number of fused-ring (bicyclic) bond motifs is 1. The molecule has 1 aromatic carbocycles. The third kappa shape index (κ3) is 4.99. The number of benzene rings is 1. The summed E-state index contributed by atoms with van der Waals surface area (Å²) in [6.07, 6.45) is 7.45. The van der Waals surface area contributed by atoms with Crippen LogP contribution >= 0.6 is 0 Å². The molecule has 172 valence electrons. The molecule has 0 N–H and O–H groups in total. The fourth-order valence-corrected chi connectivity index (χ4v) is 4.81. The fraction of sp³-hybridized carbons (Fsp3) is 0.423. The molecule has 1 amide bonds. The van der Waals surface area contributed by atoms with Crippen LogP contribution in [0.5, 0.6) is 0 Å². The number of aromatic nitrogens is 3. The summed E-state index contributed by atoms with van der Waals surface area (Å²) in [5.74, 6) is 0.0293. The monoisotopic (exact) mass is 445 g/mol. The van der Waals surface area contributed by atoms with Gasteiger partial charge in [-0.25, -0.2) is 4.68 Å². The highest BCUT2D eigenvalue weighted by Crippen LogP contribution is 2.29. The quantitative estimate of drug-likeness (QED) is 0.533. The zero-order valence-corrected chi connectivity index (χ0v) is 19.0. The van der Waals surface area contributed by atoms with Crippen molar-refractivity contribution in [2.45, 2.75) is 32.2 Å². The summed E-state index contributed by atoms with van der Waals surface area (Å²) in [4.78, 5) is 22.3. The Morgan fingerprint density at radius 2 is 1.82 bits per heavy atom. The van der Waals surface area contributed by atoms with Gasteiger partial charge in [0.05, 0.1) is 18.9 Å². The van der Waals surface area contributed by atoms with Crippen LogP contribution in [-0.2, 0) is 24.1 Å². The maximum absolute atomic E-state index is 13.8. The molecule has 1 fully saturated rings. The van der Waals surface area contributed by atoms with Crippen LogP contribution in [0.4, 0.5) is 0 Å². The molecule has 3 heterocycles. The van der Waals surface area contributed by atoms with E-state index < -0.39 is 0 Å². The van der Waals surface area contributed by atoms with Crippen LogP contribution in [0, 0.1) is 0 Å². The van der Waals surface area contributed by atoms with E-state index in [0.29, 0.717) is 18.8 Å². The Balaban J connectivity index is 1.38. The lowest BCUT2D eigenvalue weighted by Gasteiger charge is -2.28. The number of hydrogen-bond donors (Lipinski definition) is 0. The zero-order chi connectivity index (χ0) is 22.5. The molecule has 2 aromatic heterocycles. The van der Waals surface area contributed by atoms with E-state index in [1.807, 2.05) is 39.9 Å². The van der Waals surface area contributed by atoms with Gasteiger partial charge in [0.1, 0.15) is 0 Å². The molecular weight excluding hydrogens is 414 g/mol. The van der Waals surface area contributed by atoms with Gasteiger partial charge in [0.15, 0.2) is 5.69 Å². The summed E-state index contributed by atoms with van der Waals surface area (Å²) >= 11 is 0. The van der Waals surface area contributed by atoms with E-state index in [1.165, 1.54) is 5.69 Å². The number of carbonyl (C=O) groups is 1. The van der Waals surface area contributed by atoms with Gasteiger partial charge in [-0.05, 0) is 55.5 Å². The second-order valence-corrected chi connectivity index (χ2v) is 8.76. The summed E-state index contributed by atoms with van der Waals surface area (Å²) in [6.45, 7) is 5.76. The highest BCUT2D eigenvalue weighted by atomic mass is 16.5. The molecule has 0 bridgehead atoms. The molecule has 0 atom stereocenters. The lowest BCUT2D eigenvalue weighted by atomic mass is 10.1. The smallest absolute Gasteiger partial charge is 0.274 e. The number of rotatable bonds is 8. The van der Waals surface area contributed by atoms with Gasteiger partial charge in [0.2, 0.25) is 0 Å². The second kappa shape index (κ2) is 10.3. The summed E-state index contributed by atoms with van der Waals surface area (Å²) in [5.41, 5.74) is 5.02. The number of pyridine rings is 1. The van der Waals surface area contributed by atoms with Crippen molar-refractivity contribution in [1.82, 2.24) is 24.6 Å². The average molecular weight is 446 g/mol. The van der Waals surface area contributed by atoms with Gasteiger partial charge in [0.25, 0.3) is 5.91 Å². The first-order valence-corrected chi connectivity index (χ1v) is 11.9. The Hall–Kier alpha value is -3.03. The molecule has 5 rings (SSSR count). The van der Waals surface area contributed by atoms with Gasteiger partial charge in [-0.1, -0.05) is 18.2 Å². The molecule has 1 aliphatic carbocycles. The normalized spacial score (nSPS) is 16.0. The van der Waals surface area contributed by atoms with Gasteiger partial charge in [-0.15, -0.1) is 0 Å². The van der Waals surface area contributed by atoms with E-state index in [4.69, 9.17) is 9.84 Å². The van der Waals surface area contributed by atoms with E-state index in [0.717, 1.165) is 75.3 Å². The van der Waals surface area contributed by atoms with E-state index in [-0.39, 0.29) is 5.91 Å². The topological polar surface area (TPSA) is 63.5 Å². The van der Waals surface area contributed by atoms with Crippen molar-refractivity contribution in [3.05, 3.63) is 77.4 Å². The maximum atomic E-state index is 13.8. The number of ether oxygens (including phenoxy) is 1. The second-order valence-electron chi connectivity index (χ2n) is 8.76. The molecule has 33 heavy (non-hydrogen) atoms. The lowest BCUT2D eigenvalue weighted by molar-refractivity contribution is 0.0355. The minimum absolute atomic E-state index is 0.0293. The van der Waals surface area contributed by atoms with Crippen LogP contribution in [0.2, 0.25) is 0 Å². The number of carbonyl (C=O) groups excluding carboxylic acids is 1. The van der Waals surface area contributed by atoms with Gasteiger partial charge in [-0.3, -0.25) is 14.7 Å². The van der Waals surface area contributed by atoms with Crippen LogP contribution in [-0.4, -0.2) is 69.9 Å². The number of nitrogens with zero attached hydrogens (tertiary/aromatic N) is 5. The van der Waals surface area contributed by atoms with Crippen LogP contribution in [0.15, 0.2) is 54.9 Å². The van der Waals surface area contributed by atoms with E-state index in [2.05, 4.69) is 22.0 Å². The molecule has 0 saturated carbocycles. The Kier molecular flexibility index (Phi) is 6.79. The van der Waals surface area contributed by atoms with Crippen LogP contribution in [0.25, 0.3) is 5.69 Å². The SMILES string of the molecule is O=C(c1nn(-c2ccccc2)c2c1CCC2)N(CCCN1CCOCC1)Cc1ccncc1. The van der Waals surface area contributed by atoms with Gasteiger partial charge in [0, 0.05) is 56.4 Å². The van der Waals surface area contributed by atoms with Crippen LogP contribution in [0.3, 0.4) is 0 Å². The van der Waals surface area contributed by atoms with Crippen molar-refractivity contribution < 1.29 is 9.53 Å². The number of hydrogen-bond acceptors (Lipinski definition) is 5. The highest BCUT2D eigenvalue weighted by Gasteiger charge is 2.29. The third-order valence-corrected chi connectivity index (χ3v) is 6.55. The van der Waals surface area contributed by atoms with E-state index in [1.54, 1.807) is 12.4 Å². The maximum Gasteiger partial charge on any atom is 0.274 e. The Labute approximate surface area is 195 Å². The highest BCUT2D eigenvalue weighted by molar-refractivity contribution is 5.94. The van der Waals surface area contributed by atoms with Crippen molar-refractivity contribution >= 4 is 5.91 Å². The standard InChI is InChI=1S/C26H31N5O2/c32-26(25-23-8-4-9-24(23)31(28-25)22-6-2-1-3-7-22)30(20-21-10-12-27-13-11-21)15-5-14-29-16-18-33-19-17-29/h1-3,6-7,10-13H,4-5,8-9,14-20H2. The first-order valence-electron chi connectivity index (χ1n) is 11.9. The average Bonchev–Trinajstić information content (AvgIpc) is 3.48. The van der Waals surface area contributed by atoms with E-state index >= 15 is 0 Å². The first-order chi connectivity index (χ1) is 16.3. The predicted molar refractivity (Wildman–Crippen MR) is 126 cm³/mol. The number of amides is 1. The largest absolute Gasteiger partial charge is 0.379 e. The Morgan fingerprint density at radius 1 is 1.03 bits per heavy atom. The van der Waals surface area contributed by atoms with Crippen molar-refractivity contribution in [2.75, 3.05) is 39.4 Å². The summed E-state index contributed by atoms with van der Waals surface area (Å²) in [7, 11) is 0. The number of para-hydroxylation sites is 1. The van der Waals surface area contributed by atoms with Crippen molar-refractivity contribution in [3.8, 4) is 5.69 Å². The molecular formula is C26H31N5O2. The molecule has 1 aliphatic heterocycles. The van der Waals surface area contributed by atoms with Crippen LogP contribution < -0.4 is 0 Å². The predicted octanol–water partition coefficient (Wildman–Crippen LogP) is 3.12. The van der Waals surface area contributed by atoms with Crippen molar-refractivity contribution in [1.29, 1.82) is 0 Å². The number of morpholine rings is 1. The van der Waals surface area contributed by atoms with E-state index in [9.17, 15) is 4.79 Å². The zero-order valence-electron chi connectivity index (χ0n) is 19.0. The first kappa shape index (κ1) is 21.8. The Morgan fingerprint density at radius 3 is 2.61 bits per heavy atom. The molecule has 1 saturated heterocycles. The molecule has 0 radical (unpaired) electrons.